The molecule has 4 nitrogen and oxygen atoms in total. The Bertz CT molecular complexity index is 555. The first-order valence-corrected chi connectivity index (χ1v) is 7.35. The number of nitrogens with two attached hydrogens (primary N) is 1. The van der Waals surface area contributed by atoms with E-state index in [2.05, 4.69) is 23.1 Å². The first kappa shape index (κ1) is 14.4. The Morgan fingerprint density at radius 2 is 2.26 bits per heavy atom. The van der Waals surface area contributed by atoms with Gasteiger partial charge in [0, 0.05) is 18.0 Å². The van der Waals surface area contributed by atoms with Gasteiger partial charge in [-0.25, -0.2) is 9.67 Å². The molecule has 2 rings (SSSR count). The molecular formula is C13H17ClN4S. The number of benzene rings is 1. The monoisotopic (exact) mass is 296 g/mol. The molecule has 0 aliphatic rings. The van der Waals surface area contributed by atoms with Crippen LogP contribution in [0, 0.1) is 0 Å². The van der Waals surface area contributed by atoms with Gasteiger partial charge >= 0.3 is 0 Å². The average Bonchev–Trinajstić information content (AvgIpc) is 2.78. The number of hydrogen-bond acceptors (Lipinski definition) is 4. The lowest BCUT2D eigenvalue weighted by Crippen LogP contribution is -2.21. The van der Waals surface area contributed by atoms with Crippen LogP contribution in [0.5, 0.6) is 0 Å². The summed E-state index contributed by atoms with van der Waals surface area (Å²) in [5.74, 6) is 0. The Hall–Kier alpha value is -1.04. The molecule has 0 fully saturated rings. The molecule has 1 atom stereocenters. The van der Waals surface area contributed by atoms with Crippen LogP contribution in [-0.2, 0) is 13.5 Å². The Kier molecular flexibility index (Phi) is 4.85. The summed E-state index contributed by atoms with van der Waals surface area (Å²) in [6, 6.07) is 6.25. The highest BCUT2D eigenvalue weighted by Crippen LogP contribution is 2.32. The highest BCUT2D eigenvalue weighted by atomic mass is 35.5. The van der Waals surface area contributed by atoms with Crippen LogP contribution in [0.4, 0.5) is 0 Å². The molecule has 0 amide bonds. The molecule has 102 valence electrons. The Labute approximate surface area is 122 Å². The molecule has 1 heterocycles. The fourth-order valence-electron chi connectivity index (χ4n) is 1.68. The van der Waals surface area contributed by atoms with Crippen molar-refractivity contribution in [3.8, 4) is 0 Å². The summed E-state index contributed by atoms with van der Waals surface area (Å²) in [6.07, 6.45) is 3.35. The fourth-order valence-corrected chi connectivity index (χ4v) is 2.76. The highest BCUT2D eigenvalue weighted by molar-refractivity contribution is 7.99. The summed E-state index contributed by atoms with van der Waals surface area (Å²) in [5.41, 5.74) is 7.12. The molecule has 1 aromatic carbocycles. The summed E-state index contributed by atoms with van der Waals surface area (Å²) < 4.78 is 1.72. The molecule has 1 aromatic heterocycles. The predicted octanol–water partition coefficient (Wildman–Crippen LogP) is 2.90. The maximum Gasteiger partial charge on any atom is 0.190 e. The van der Waals surface area contributed by atoms with Gasteiger partial charge in [-0.3, -0.25) is 0 Å². The SMILES string of the molecule is CCC(N)Cc1ccc(Sc2ncnn2C)c(Cl)c1. The van der Waals surface area contributed by atoms with Gasteiger partial charge in [-0.15, -0.1) is 0 Å². The number of aromatic nitrogens is 3. The van der Waals surface area contributed by atoms with E-state index in [0.717, 1.165) is 27.9 Å². The van der Waals surface area contributed by atoms with Crippen molar-refractivity contribution in [3.05, 3.63) is 35.1 Å². The standard InChI is InChI=1S/C13H17ClN4S/c1-3-10(15)6-9-4-5-12(11(14)7-9)19-13-16-8-17-18(13)2/h4-5,7-8,10H,3,6,15H2,1-2H3. The van der Waals surface area contributed by atoms with Crippen LogP contribution in [0.15, 0.2) is 34.6 Å². The van der Waals surface area contributed by atoms with Crippen molar-refractivity contribution in [3.63, 3.8) is 0 Å². The van der Waals surface area contributed by atoms with E-state index in [1.807, 2.05) is 19.2 Å². The lowest BCUT2D eigenvalue weighted by Gasteiger charge is -2.10. The molecule has 2 N–H and O–H groups in total. The second kappa shape index (κ2) is 6.41. The molecule has 19 heavy (non-hydrogen) atoms. The third-order valence-electron chi connectivity index (χ3n) is 2.89. The maximum absolute atomic E-state index is 6.31. The van der Waals surface area contributed by atoms with E-state index in [0.29, 0.717) is 0 Å². The van der Waals surface area contributed by atoms with Crippen LogP contribution < -0.4 is 5.73 Å². The number of aryl methyl sites for hydroxylation is 1. The molecule has 0 radical (unpaired) electrons. The minimum absolute atomic E-state index is 0.188. The molecule has 1 unspecified atom stereocenters. The van der Waals surface area contributed by atoms with Crippen molar-refractivity contribution < 1.29 is 0 Å². The number of nitrogens with zero attached hydrogens (tertiary/aromatic N) is 3. The number of hydrogen-bond donors (Lipinski definition) is 1. The van der Waals surface area contributed by atoms with Crippen LogP contribution in [-0.4, -0.2) is 20.8 Å². The number of rotatable bonds is 5. The normalized spacial score (nSPS) is 12.6. The van der Waals surface area contributed by atoms with Gasteiger partial charge in [0.15, 0.2) is 5.16 Å². The Morgan fingerprint density at radius 3 is 2.84 bits per heavy atom. The average molecular weight is 297 g/mol. The van der Waals surface area contributed by atoms with Gasteiger partial charge in [-0.2, -0.15) is 5.10 Å². The van der Waals surface area contributed by atoms with Gasteiger partial charge in [0.1, 0.15) is 6.33 Å². The zero-order chi connectivity index (χ0) is 13.8. The van der Waals surface area contributed by atoms with Crippen LogP contribution >= 0.6 is 23.4 Å². The van der Waals surface area contributed by atoms with Crippen LogP contribution in [0.1, 0.15) is 18.9 Å². The maximum atomic E-state index is 6.31. The van der Waals surface area contributed by atoms with Gasteiger partial charge < -0.3 is 5.73 Å². The molecular weight excluding hydrogens is 280 g/mol. The molecule has 0 saturated heterocycles. The quantitative estimate of drug-likeness (QED) is 0.922. The predicted molar refractivity (Wildman–Crippen MR) is 78.5 cm³/mol. The minimum Gasteiger partial charge on any atom is -0.327 e. The smallest absolute Gasteiger partial charge is 0.190 e. The molecule has 0 spiro atoms. The van der Waals surface area contributed by atoms with E-state index in [9.17, 15) is 0 Å². The van der Waals surface area contributed by atoms with Crippen LogP contribution in [0.25, 0.3) is 0 Å². The molecule has 6 heteroatoms. The summed E-state index contributed by atoms with van der Waals surface area (Å²) in [4.78, 5) is 5.15. The Morgan fingerprint density at radius 1 is 1.47 bits per heavy atom. The molecule has 2 aromatic rings. The van der Waals surface area contributed by atoms with E-state index in [4.69, 9.17) is 17.3 Å². The molecule has 0 aliphatic heterocycles. The van der Waals surface area contributed by atoms with Crippen molar-refractivity contribution in [2.24, 2.45) is 12.8 Å². The van der Waals surface area contributed by atoms with Gasteiger partial charge in [0.05, 0.1) is 5.02 Å². The van der Waals surface area contributed by atoms with E-state index < -0.39 is 0 Å². The van der Waals surface area contributed by atoms with Crippen molar-refractivity contribution in [2.75, 3.05) is 0 Å². The van der Waals surface area contributed by atoms with Crippen LogP contribution in [0.3, 0.4) is 0 Å². The second-order valence-electron chi connectivity index (χ2n) is 4.41. The third-order valence-corrected chi connectivity index (χ3v) is 4.44. The van der Waals surface area contributed by atoms with E-state index in [1.54, 1.807) is 4.68 Å². The molecule has 0 saturated carbocycles. The third kappa shape index (κ3) is 3.72. The summed E-state index contributed by atoms with van der Waals surface area (Å²) >= 11 is 7.81. The van der Waals surface area contributed by atoms with Crippen molar-refractivity contribution in [2.45, 2.75) is 35.9 Å². The van der Waals surface area contributed by atoms with Crippen molar-refractivity contribution >= 4 is 23.4 Å². The summed E-state index contributed by atoms with van der Waals surface area (Å²) in [7, 11) is 1.86. The zero-order valence-electron chi connectivity index (χ0n) is 11.0. The number of halogens is 1. The first-order valence-electron chi connectivity index (χ1n) is 6.16. The van der Waals surface area contributed by atoms with E-state index in [1.165, 1.54) is 23.7 Å². The lowest BCUT2D eigenvalue weighted by molar-refractivity contribution is 0.646. The van der Waals surface area contributed by atoms with Crippen molar-refractivity contribution in [1.29, 1.82) is 0 Å². The first-order chi connectivity index (χ1) is 9.10. The van der Waals surface area contributed by atoms with Crippen LogP contribution in [0.2, 0.25) is 5.02 Å². The largest absolute Gasteiger partial charge is 0.327 e. The lowest BCUT2D eigenvalue weighted by atomic mass is 10.1. The Balaban J connectivity index is 2.13. The van der Waals surface area contributed by atoms with Crippen molar-refractivity contribution in [1.82, 2.24) is 14.8 Å². The van der Waals surface area contributed by atoms with Gasteiger partial charge in [-0.1, -0.05) is 24.6 Å². The minimum atomic E-state index is 0.188. The summed E-state index contributed by atoms with van der Waals surface area (Å²) in [5, 5.41) is 5.59. The van der Waals surface area contributed by atoms with E-state index >= 15 is 0 Å². The summed E-state index contributed by atoms with van der Waals surface area (Å²) in [6.45, 7) is 2.09. The zero-order valence-corrected chi connectivity index (χ0v) is 12.6. The van der Waals surface area contributed by atoms with E-state index in [-0.39, 0.29) is 6.04 Å². The topological polar surface area (TPSA) is 56.7 Å². The fraction of sp³-hybridized carbons (Fsp3) is 0.385. The van der Waals surface area contributed by atoms with Gasteiger partial charge in [0.25, 0.3) is 0 Å². The highest BCUT2D eigenvalue weighted by Gasteiger charge is 2.09. The van der Waals surface area contributed by atoms with Gasteiger partial charge in [-0.05, 0) is 42.3 Å². The molecule has 0 bridgehead atoms. The molecule has 0 aliphatic carbocycles. The second-order valence-corrected chi connectivity index (χ2v) is 5.82. The van der Waals surface area contributed by atoms with Gasteiger partial charge in [0.2, 0.25) is 0 Å².